The smallest absolute Gasteiger partial charge is 0.315 e. The number of hydrogen-bond donors (Lipinski definition) is 0. The van der Waals surface area contributed by atoms with Crippen molar-refractivity contribution in [1.29, 1.82) is 0 Å². The van der Waals surface area contributed by atoms with Gasteiger partial charge < -0.3 is 9.47 Å². The molecule has 0 unspecified atom stereocenters. The number of likely N-dealkylation sites (N-methyl/N-ethyl adjacent to an activating group) is 1. The van der Waals surface area contributed by atoms with Crippen molar-refractivity contribution in [2.45, 2.75) is 13.5 Å². The van der Waals surface area contributed by atoms with E-state index in [2.05, 4.69) is 4.98 Å². The second kappa shape index (κ2) is 6.04. The van der Waals surface area contributed by atoms with Crippen LogP contribution in [-0.2, 0) is 25.4 Å². The lowest BCUT2D eigenvalue weighted by atomic mass is 10.2. The highest BCUT2D eigenvalue weighted by Crippen LogP contribution is 2.14. The number of anilines is 1. The minimum absolute atomic E-state index is 0.0473. The van der Waals surface area contributed by atoms with Gasteiger partial charge in [0.15, 0.2) is 11.2 Å². The fourth-order valence-electron chi connectivity index (χ4n) is 2.68. The average Bonchev–Trinajstić information content (AvgIpc) is 3.01. The average molecular weight is 341 g/mol. The topological polar surface area (TPSA) is 82.1 Å². The Balaban J connectivity index is 1.98. The van der Waals surface area contributed by atoms with Gasteiger partial charge in [0.05, 0.1) is 6.33 Å². The highest BCUT2D eigenvalue weighted by Gasteiger charge is 2.18. The van der Waals surface area contributed by atoms with Crippen molar-refractivity contribution in [3.05, 3.63) is 57.0 Å². The van der Waals surface area contributed by atoms with Gasteiger partial charge in [-0.25, -0.2) is 9.78 Å². The standard InChI is InChI=1S/C17H19N5O3/c1-11-5-7-12(8-6-11)19(2)13(23)9-22-10-18-15-14(22)16(24)21(4)17(25)20(15)3/h5-8,10H,9H2,1-4H3. The van der Waals surface area contributed by atoms with Crippen molar-refractivity contribution in [2.75, 3.05) is 11.9 Å². The predicted octanol–water partition coefficient (Wildman–Crippen LogP) is 0.405. The van der Waals surface area contributed by atoms with Gasteiger partial charge in [0.25, 0.3) is 5.56 Å². The minimum atomic E-state index is -0.471. The number of fused-ring (bicyclic) bond motifs is 1. The van der Waals surface area contributed by atoms with Gasteiger partial charge in [-0.3, -0.25) is 18.7 Å². The highest BCUT2D eigenvalue weighted by molar-refractivity contribution is 5.93. The van der Waals surface area contributed by atoms with Gasteiger partial charge in [0, 0.05) is 26.8 Å². The molecule has 0 aliphatic carbocycles. The summed E-state index contributed by atoms with van der Waals surface area (Å²) < 4.78 is 3.78. The molecule has 0 saturated carbocycles. The summed E-state index contributed by atoms with van der Waals surface area (Å²) in [5, 5.41) is 0. The van der Waals surface area contributed by atoms with Crippen LogP contribution in [0.5, 0.6) is 0 Å². The number of nitrogens with zero attached hydrogens (tertiary/aromatic N) is 5. The van der Waals surface area contributed by atoms with Gasteiger partial charge in [0.2, 0.25) is 5.91 Å². The van der Waals surface area contributed by atoms with Gasteiger partial charge in [-0.05, 0) is 19.1 Å². The maximum Gasteiger partial charge on any atom is 0.332 e. The Kier molecular flexibility index (Phi) is 4.03. The van der Waals surface area contributed by atoms with Crippen LogP contribution in [0.4, 0.5) is 5.69 Å². The van der Waals surface area contributed by atoms with Crippen molar-refractivity contribution in [1.82, 2.24) is 18.7 Å². The van der Waals surface area contributed by atoms with Crippen molar-refractivity contribution >= 4 is 22.8 Å². The number of carbonyl (C=O) groups is 1. The Labute approximate surface area is 143 Å². The summed E-state index contributed by atoms with van der Waals surface area (Å²) in [4.78, 5) is 42.6. The third-order valence-electron chi connectivity index (χ3n) is 4.32. The Bertz CT molecular complexity index is 1070. The van der Waals surface area contributed by atoms with Gasteiger partial charge >= 0.3 is 5.69 Å². The van der Waals surface area contributed by atoms with Crippen molar-refractivity contribution in [3.8, 4) is 0 Å². The lowest BCUT2D eigenvalue weighted by Gasteiger charge is -2.18. The number of imidazole rings is 1. The Morgan fingerprint density at radius 3 is 2.40 bits per heavy atom. The quantitative estimate of drug-likeness (QED) is 0.691. The van der Waals surface area contributed by atoms with E-state index in [-0.39, 0.29) is 23.6 Å². The van der Waals surface area contributed by atoms with E-state index in [4.69, 9.17) is 0 Å². The molecule has 25 heavy (non-hydrogen) atoms. The zero-order valence-corrected chi connectivity index (χ0v) is 14.6. The molecule has 0 saturated heterocycles. The number of hydrogen-bond acceptors (Lipinski definition) is 4. The van der Waals surface area contributed by atoms with Crippen LogP contribution in [0.2, 0.25) is 0 Å². The normalized spacial score (nSPS) is 11.0. The molecule has 0 atom stereocenters. The fourth-order valence-corrected chi connectivity index (χ4v) is 2.68. The maximum absolute atomic E-state index is 12.6. The number of aryl methyl sites for hydroxylation is 2. The summed E-state index contributed by atoms with van der Waals surface area (Å²) >= 11 is 0. The summed E-state index contributed by atoms with van der Waals surface area (Å²) in [5.41, 5.74) is 1.44. The van der Waals surface area contributed by atoms with E-state index in [0.717, 1.165) is 15.8 Å². The van der Waals surface area contributed by atoms with Crippen molar-refractivity contribution < 1.29 is 4.79 Å². The second-order valence-corrected chi connectivity index (χ2v) is 6.04. The number of aromatic nitrogens is 4. The molecule has 0 N–H and O–H groups in total. The summed E-state index contributed by atoms with van der Waals surface area (Å²) in [5.74, 6) is -0.195. The molecule has 0 fully saturated rings. The number of benzene rings is 1. The molecule has 0 bridgehead atoms. The first-order chi connectivity index (χ1) is 11.8. The first-order valence-corrected chi connectivity index (χ1v) is 7.75. The van der Waals surface area contributed by atoms with Crippen LogP contribution in [0.25, 0.3) is 11.2 Å². The second-order valence-electron chi connectivity index (χ2n) is 6.04. The lowest BCUT2D eigenvalue weighted by molar-refractivity contribution is -0.118. The summed E-state index contributed by atoms with van der Waals surface area (Å²) in [7, 11) is 4.63. The van der Waals surface area contributed by atoms with Crippen molar-refractivity contribution in [3.63, 3.8) is 0 Å². The zero-order valence-electron chi connectivity index (χ0n) is 14.6. The Hall–Kier alpha value is -3.16. The number of carbonyl (C=O) groups excluding carboxylic acids is 1. The van der Waals surface area contributed by atoms with Crippen LogP contribution < -0.4 is 16.1 Å². The molecule has 2 aromatic heterocycles. The van der Waals surface area contributed by atoms with Crippen LogP contribution in [0, 0.1) is 6.92 Å². The predicted molar refractivity (Wildman–Crippen MR) is 94.8 cm³/mol. The largest absolute Gasteiger partial charge is 0.332 e. The fraction of sp³-hybridized carbons (Fsp3) is 0.294. The molecule has 0 radical (unpaired) electrons. The monoisotopic (exact) mass is 341 g/mol. The molecule has 3 aromatic rings. The molecule has 2 heterocycles. The lowest BCUT2D eigenvalue weighted by Crippen LogP contribution is -2.38. The number of rotatable bonds is 3. The van der Waals surface area contributed by atoms with E-state index >= 15 is 0 Å². The summed E-state index contributed by atoms with van der Waals surface area (Å²) in [6.07, 6.45) is 1.41. The SMILES string of the molecule is Cc1ccc(N(C)C(=O)Cn2cnc3c2c(=O)n(C)c(=O)n3C)cc1. The third kappa shape index (κ3) is 2.75. The van der Waals surface area contributed by atoms with Gasteiger partial charge in [-0.1, -0.05) is 17.7 Å². The van der Waals surface area contributed by atoms with E-state index in [1.807, 2.05) is 31.2 Å². The molecule has 130 valence electrons. The first-order valence-electron chi connectivity index (χ1n) is 7.75. The molecule has 1 amide bonds. The minimum Gasteiger partial charge on any atom is -0.315 e. The van der Waals surface area contributed by atoms with Gasteiger partial charge in [0.1, 0.15) is 6.54 Å². The molecule has 1 aromatic carbocycles. The highest BCUT2D eigenvalue weighted by atomic mass is 16.2. The Morgan fingerprint density at radius 2 is 1.76 bits per heavy atom. The molecule has 0 spiro atoms. The molecule has 8 heteroatoms. The molecule has 3 rings (SSSR count). The van der Waals surface area contributed by atoms with Gasteiger partial charge in [-0.15, -0.1) is 0 Å². The summed E-state index contributed by atoms with van der Waals surface area (Å²) in [6.45, 7) is 1.93. The molecular formula is C17H19N5O3. The molecular weight excluding hydrogens is 322 g/mol. The summed E-state index contributed by atoms with van der Waals surface area (Å²) in [6, 6.07) is 7.58. The first kappa shape index (κ1) is 16.7. The molecule has 0 aliphatic rings. The van der Waals surface area contributed by atoms with E-state index in [9.17, 15) is 14.4 Å². The number of amides is 1. The zero-order chi connectivity index (χ0) is 18.3. The molecule has 0 aliphatic heterocycles. The van der Waals surface area contributed by atoms with Crippen LogP contribution in [0.3, 0.4) is 0 Å². The van der Waals surface area contributed by atoms with Crippen LogP contribution in [-0.4, -0.2) is 31.6 Å². The van der Waals surface area contributed by atoms with Crippen molar-refractivity contribution in [2.24, 2.45) is 14.1 Å². The van der Waals surface area contributed by atoms with E-state index in [1.54, 1.807) is 14.1 Å². The third-order valence-corrected chi connectivity index (χ3v) is 4.32. The van der Waals surface area contributed by atoms with Crippen LogP contribution >= 0.6 is 0 Å². The van der Waals surface area contributed by atoms with E-state index < -0.39 is 11.2 Å². The maximum atomic E-state index is 12.6. The molecule has 8 nitrogen and oxygen atoms in total. The van der Waals surface area contributed by atoms with E-state index in [1.165, 1.54) is 27.4 Å². The van der Waals surface area contributed by atoms with Crippen LogP contribution in [0.15, 0.2) is 40.2 Å². The van der Waals surface area contributed by atoms with Gasteiger partial charge in [-0.2, -0.15) is 0 Å². The van der Waals surface area contributed by atoms with Crippen LogP contribution in [0.1, 0.15) is 5.56 Å². The Morgan fingerprint density at radius 1 is 1.12 bits per heavy atom. The van der Waals surface area contributed by atoms with E-state index in [0.29, 0.717) is 0 Å².